The second kappa shape index (κ2) is 8.24. The minimum atomic E-state index is -0.642. The number of likely N-dealkylation sites (N-methyl/N-ethyl adjacent to an activating group) is 1. The summed E-state index contributed by atoms with van der Waals surface area (Å²) in [4.78, 5) is 29.0. The van der Waals surface area contributed by atoms with E-state index in [0.717, 1.165) is 5.56 Å². The van der Waals surface area contributed by atoms with Crippen LogP contribution in [0.5, 0.6) is 0 Å². The van der Waals surface area contributed by atoms with E-state index in [9.17, 15) is 9.59 Å². The van der Waals surface area contributed by atoms with Crippen LogP contribution in [-0.2, 0) is 20.9 Å². The number of rotatable bonds is 6. The number of nitrogens with zero attached hydrogens (tertiary/aromatic N) is 2. The van der Waals surface area contributed by atoms with Crippen molar-refractivity contribution in [3.8, 4) is 0 Å². The molecular formula is C15H22N2O4. The third-order valence-electron chi connectivity index (χ3n) is 3.01. The van der Waals surface area contributed by atoms with E-state index in [0.29, 0.717) is 6.42 Å². The highest BCUT2D eigenvalue weighted by atomic mass is 16.6. The van der Waals surface area contributed by atoms with Crippen molar-refractivity contribution < 1.29 is 19.1 Å². The first kappa shape index (κ1) is 16.9. The number of carbonyl (C=O) groups excluding carboxylic acids is 2. The fourth-order valence-corrected chi connectivity index (χ4v) is 1.85. The fraction of sp³-hybridized carbons (Fsp3) is 0.533. The molecular weight excluding hydrogens is 272 g/mol. The largest absolute Gasteiger partial charge is 0.467 e. The number of pyridine rings is 1. The Morgan fingerprint density at radius 3 is 2.62 bits per heavy atom. The van der Waals surface area contributed by atoms with Crippen LogP contribution in [0.1, 0.15) is 25.8 Å². The molecule has 0 N–H and O–H groups in total. The number of ether oxygens (including phenoxy) is 2. The molecule has 0 fully saturated rings. The Morgan fingerprint density at radius 1 is 1.38 bits per heavy atom. The summed E-state index contributed by atoms with van der Waals surface area (Å²) >= 11 is 0. The summed E-state index contributed by atoms with van der Waals surface area (Å²) in [7, 11) is 2.85. The van der Waals surface area contributed by atoms with E-state index < -0.39 is 18.1 Å². The number of amides is 1. The number of aromatic nitrogens is 1. The average molecular weight is 294 g/mol. The van der Waals surface area contributed by atoms with Gasteiger partial charge < -0.3 is 9.47 Å². The highest BCUT2D eigenvalue weighted by molar-refractivity contribution is 5.81. The molecule has 1 heterocycles. The molecule has 116 valence electrons. The Labute approximate surface area is 125 Å². The zero-order chi connectivity index (χ0) is 15.8. The molecule has 1 amide bonds. The van der Waals surface area contributed by atoms with Crippen LogP contribution in [-0.4, -0.2) is 42.1 Å². The zero-order valence-electron chi connectivity index (χ0n) is 12.9. The van der Waals surface area contributed by atoms with E-state index in [-0.39, 0.29) is 12.5 Å². The Bertz CT molecular complexity index is 462. The van der Waals surface area contributed by atoms with Crippen molar-refractivity contribution in [2.75, 3.05) is 14.2 Å². The molecule has 6 nitrogen and oxygen atoms in total. The van der Waals surface area contributed by atoms with Gasteiger partial charge in [-0.2, -0.15) is 0 Å². The van der Waals surface area contributed by atoms with E-state index in [1.165, 1.54) is 19.1 Å². The highest BCUT2D eigenvalue weighted by Gasteiger charge is 2.29. The summed E-state index contributed by atoms with van der Waals surface area (Å²) < 4.78 is 9.94. The number of hydrogen-bond donors (Lipinski definition) is 0. The second-order valence-corrected chi connectivity index (χ2v) is 5.20. The third kappa shape index (κ3) is 5.41. The van der Waals surface area contributed by atoms with Crippen LogP contribution in [0.25, 0.3) is 0 Å². The lowest BCUT2D eigenvalue weighted by atomic mass is 10.0. The van der Waals surface area contributed by atoms with E-state index in [2.05, 4.69) is 4.98 Å². The summed E-state index contributed by atoms with van der Waals surface area (Å²) in [6.45, 7) is 4.07. The van der Waals surface area contributed by atoms with Crippen molar-refractivity contribution >= 4 is 12.1 Å². The molecule has 21 heavy (non-hydrogen) atoms. The summed E-state index contributed by atoms with van der Waals surface area (Å²) in [6.07, 6.45) is 3.23. The maximum atomic E-state index is 12.0. The Hall–Kier alpha value is -2.11. The van der Waals surface area contributed by atoms with Crippen molar-refractivity contribution in [3.63, 3.8) is 0 Å². The van der Waals surface area contributed by atoms with Gasteiger partial charge in [-0.25, -0.2) is 9.59 Å². The minimum absolute atomic E-state index is 0.118. The van der Waals surface area contributed by atoms with E-state index in [4.69, 9.17) is 9.47 Å². The molecule has 0 bridgehead atoms. The number of carbonyl (C=O) groups is 2. The number of esters is 1. The van der Waals surface area contributed by atoms with Crippen molar-refractivity contribution in [3.05, 3.63) is 30.1 Å². The van der Waals surface area contributed by atoms with Gasteiger partial charge in [-0.15, -0.1) is 0 Å². The summed E-state index contributed by atoms with van der Waals surface area (Å²) in [6, 6.07) is 2.94. The van der Waals surface area contributed by atoms with Gasteiger partial charge in [-0.05, 0) is 18.4 Å². The molecule has 1 aromatic rings. The Morgan fingerprint density at radius 2 is 2.10 bits per heavy atom. The zero-order valence-corrected chi connectivity index (χ0v) is 12.9. The van der Waals surface area contributed by atoms with Gasteiger partial charge in [0.05, 0.1) is 7.11 Å². The van der Waals surface area contributed by atoms with Crippen molar-refractivity contribution in [1.82, 2.24) is 9.88 Å². The van der Waals surface area contributed by atoms with Crippen LogP contribution < -0.4 is 0 Å². The Balaban J connectivity index is 2.63. The molecule has 0 aliphatic rings. The monoisotopic (exact) mass is 294 g/mol. The molecule has 1 rings (SSSR count). The van der Waals surface area contributed by atoms with Gasteiger partial charge in [0.1, 0.15) is 12.6 Å². The Kier molecular flexibility index (Phi) is 6.65. The predicted octanol–water partition coefficient (Wildman–Crippen LogP) is 2.24. The normalized spacial score (nSPS) is 11.9. The van der Waals surface area contributed by atoms with Gasteiger partial charge in [0, 0.05) is 25.0 Å². The SMILES string of the molecule is COC(=O)[C@H](CC(C)C)N(C)C(=O)OCc1cccnc1. The van der Waals surface area contributed by atoms with E-state index in [1.807, 2.05) is 19.9 Å². The molecule has 6 heteroatoms. The lowest BCUT2D eigenvalue weighted by Crippen LogP contribution is -2.44. The van der Waals surface area contributed by atoms with Crippen LogP contribution in [0.3, 0.4) is 0 Å². The maximum Gasteiger partial charge on any atom is 0.410 e. The molecule has 1 atom stereocenters. The lowest BCUT2D eigenvalue weighted by Gasteiger charge is -2.26. The van der Waals surface area contributed by atoms with Gasteiger partial charge >= 0.3 is 12.1 Å². The van der Waals surface area contributed by atoms with Gasteiger partial charge in [0.15, 0.2) is 0 Å². The van der Waals surface area contributed by atoms with Gasteiger partial charge in [0.2, 0.25) is 0 Å². The minimum Gasteiger partial charge on any atom is -0.467 e. The number of methoxy groups -OCH3 is 1. The van der Waals surface area contributed by atoms with Gasteiger partial charge in [-0.1, -0.05) is 19.9 Å². The van der Waals surface area contributed by atoms with Crippen LogP contribution in [0, 0.1) is 5.92 Å². The molecule has 0 aliphatic heterocycles. The third-order valence-corrected chi connectivity index (χ3v) is 3.01. The standard InChI is InChI=1S/C15H22N2O4/c1-11(2)8-13(14(18)20-4)17(3)15(19)21-10-12-6-5-7-16-9-12/h5-7,9,11,13H,8,10H2,1-4H3/t13-/m0/s1. The van der Waals surface area contributed by atoms with Crippen LogP contribution >= 0.6 is 0 Å². The van der Waals surface area contributed by atoms with Crippen molar-refractivity contribution in [1.29, 1.82) is 0 Å². The van der Waals surface area contributed by atoms with E-state index >= 15 is 0 Å². The fourth-order valence-electron chi connectivity index (χ4n) is 1.85. The highest BCUT2D eigenvalue weighted by Crippen LogP contribution is 2.13. The quantitative estimate of drug-likeness (QED) is 0.753. The topological polar surface area (TPSA) is 68.7 Å². The molecule has 0 aromatic carbocycles. The first-order valence-electron chi connectivity index (χ1n) is 6.82. The van der Waals surface area contributed by atoms with E-state index in [1.54, 1.807) is 18.5 Å². The summed E-state index contributed by atoms with van der Waals surface area (Å²) in [5, 5.41) is 0. The van der Waals surface area contributed by atoms with Crippen LogP contribution in [0.2, 0.25) is 0 Å². The van der Waals surface area contributed by atoms with Gasteiger partial charge in [-0.3, -0.25) is 9.88 Å². The molecule has 0 aliphatic carbocycles. The molecule has 1 aromatic heterocycles. The second-order valence-electron chi connectivity index (χ2n) is 5.20. The first-order valence-corrected chi connectivity index (χ1v) is 6.82. The first-order chi connectivity index (χ1) is 9.95. The van der Waals surface area contributed by atoms with Crippen molar-refractivity contribution in [2.45, 2.75) is 32.9 Å². The van der Waals surface area contributed by atoms with Gasteiger partial charge in [0.25, 0.3) is 0 Å². The average Bonchev–Trinajstić information content (AvgIpc) is 2.49. The number of hydrogen-bond acceptors (Lipinski definition) is 5. The van der Waals surface area contributed by atoms with Crippen LogP contribution in [0.4, 0.5) is 4.79 Å². The smallest absolute Gasteiger partial charge is 0.410 e. The summed E-state index contributed by atoms with van der Waals surface area (Å²) in [5.74, 6) is -0.188. The molecule has 0 saturated carbocycles. The summed E-state index contributed by atoms with van der Waals surface area (Å²) in [5.41, 5.74) is 0.790. The molecule has 0 unspecified atom stereocenters. The molecule has 0 spiro atoms. The molecule has 0 radical (unpaired) electrons. The predicted molar refractivity (Wildman–Crippen MR) is 77.4 cm³/mol. The lowest BCUT2D eigenvalue weighted by molar-refractivity contribution is -0.146. The maximum absolute atomic E-state index is 12.0. The van der Waals surface area contributed by atoms with Crippen LogP contribution in [0.15, 0.2) is 24.5 Å². The van der Waals surface area contributed by atoms with Crippen molar-refractivity contribution in [2.24, 2.45) is 5.92 Å². The molecule has 0 saturated heterocycles.